The van der Waals surface area contributed by atoms with Crippen molar-refractivity contribution >= 4 is 0 Å². The number of benzene rings is 3. The van der Waals surface area contributed by atoms with Gasteiger partial charge in [-0.1, -0.05) is 54.6 Å². The molecular weight excluding hydrogens is 388 g/mol. The van der Waals surface area contributed by atoms with Gasteiger partial charge in [0.05, 0.1) is 19.8 Å². The van der Waals surface area contributed by atoms with Crippen LogP contribution in [0.1, 0.15) is 43.4 Å². The summed E-state index contributed by atoms with van der Waals surface area (Å²) in [5, 5.41) is 10.1. The molecule has 0 spiro atoms. The standard InChI is InChI=1S/C27H32O4/c1-26(2,28)19-8-20-31-27(21-9-6-5-7-10-21,22-11-15-24(29-3)16-12-22)23-13-17-25(30-4)18-14-23/h5-7,9-18,28H,8,19-20H2,1-4H3. The molecule has 1 N–H and O–H groups in total. The van der Waals surface area contributed by atoms with Gasteiger partial charge in [-0.05, 0) is 67.6 Å². The summed E-state index contributed by atoms with van der Waals surface area (Å²) in [6.45, 7) is 4.14. The molecule has 0 aromatic heterocycles. The monoisotopic (exact) mass is 420 g/mol. The Morgan fingerprint density at radius 1 is 0.677 bits per heavy atom. The van der Waals surface area contributed by atoms with Crippen molar-refractivity contribution < 1.29 is 19.3 Å². The molecule has 0 unspecified atom stereocenters. The number of methoxy groups -OCH3 is 2. The molecule has 0 aliphatic heterocycles. The van der Waals surface area contributed by atoms with Crippen molar-refractivity contribution in [1.29, 1.82) is 0 Å². The first-order valence-corrected chi connectivity index (χ1v) is 10.6. The van der Waals surface area contributed by atoms with Crippen molar-refractivity contribution in [2.75, 3.05) is 20.8 Å². The number of hydrogen-bond donors (Lipinski definition) is 1. The Bertz CT molecular complexity index is 878. The highest BCUT2D eigenvalue weighted by atomic mass is 16.5. The van der Waals surface area contributed by atoms with Crippen LogP contribution < -0.4 is 9.47 Å². The fraction of sp³-hybridized carbons (Fsp3) is 0.333. The van der Waals surface area contributed by atoms with Crippen LogP contribution in [0.25, 0.3) is 0 Å². The van der Waals surface area contributed by atoms with E-state index in [1.807, 2.05) is 80.6 Å². The van der Waals surface area contributed by atoms with Crippen molar-refractivity contribution in [2.45, 2.75) is 37.9 Å². The first kappa shape index (κ1) is 22.9. The minimum atomic E-state index is -0.806. The fourth-order valence-electron chi connectivity index (χ4n) is 3.80. The van der Waals surface area contributed by atoms with Crippen molar-refractivity contribution in [2.24, 2.45) is 0 Å². The molecule has 0 saturated carbocycles. The van der Waals surface area contributed by atoms with Gasteiger partial charge in [0, 0.05) is 6.61 Å². The highest BCUT2D eigenvalue weighted by molar-refractivity contribution is 5.49. The van der Waals surface area contributed by atoms with Crippen LogP contribution in [0.4, 0.5) is 0 Å². The van der Waals surface area contributed by atoms with E-state index in [9.17, 15) is 5.11 Å². The van der Waals surface area contributed by atoms with E-state index in [-0.39, 0.29) is 0 Å². The van der Waals surface area contributed by atoms with Crippen LogP contribution in [0.15, 0.2) is 78.9 Å². The molecule has 0 saturated heterocycles. The molecule has 0 atom stereocenters. The third kappa shape index (κ3) is 5.46. The molecule has 3 rings (SSSR count). The lowest BCUT2D eigenvalue weighted by atomic mass is 9.80. The molecule has 0 fully saturated rings. The summed E-state index contributed by atoms with van der Waals surface area (Å²) < 4.78 is 17.5. The van der Waals surface area contributed by atoms with Gasteiger partial charge in [-0.15, -0.1) is 0 Å². The smallest absolute Gasteiger partial charge is 0.143 e. The largest absolute Gasteiger partial charge is 0.497 e. The van der Waals surface area contributed by atoms with E-state index in [0.29, 0.717) is 13.0 Å². The van der Waals surface area contributed by atoms with E-state index < -0.39 is 11.2 Å². The molecule has 0 radical (unpaired) electrons. The molecule has 4 heteroatoms. The van der Waals surface area contributed by atoms with Crippen LogP contribution in [-0.4, -0.2) is 31.5 Å². The molecule has 3 aromatic carbocycles. The lowest BCUT2D eigenvalue weighted by Crippen LogP contribution is -2.33. The van der Waals surface area contributed by atoms with Gasteiger partial charge < -0.3 is 19.3 Å². The van der Waals surface area contributed by atoms with Gasteiger partial charge in [0.25, 0.3) is 0 Å². The predicted molar refractivity (Wildman–Crippen MR) is 124 cm³/mol. The third-order valence-electron chi connectivity index (χ3n) is 5.42. The summed E-state index contributed by atoms with van der Waals surface area (Å²) in [6.07, 6.45) is 1.40. The van der Waals surface area contributed by atoms with E-state index in [1.54, 1.807) is 14.2 Å². The first-order valence-electron chi connectivity index (χ1n) is 10.6. The van der Waals surface area contributed by atoms with E-state index in [4.69, 9.17) is 14.2 Å². The van der Waals surface area contributed by atoms with Crippen LogP contribution in [0, 0.1) is 0 Å². The van der Waals surface area contributed by atoms with E-state index >= 15 is 0 Å². The molecule has 0 aliphatic carbocycles. The van der Waals surface area contributed by atoms with Crippen molar-refractivity contribution in [1.82, 2.24) is 0 Å². The zero-order valence-corrected chi connectivity index (χ0v) is 18.8. The minimum absolute atomic E-state index is 0.497. The van der Waals surface area contributed by atoms with Gasteiger partial charge in [-0.25, -0.2) is 0 Å². The Morgan fingerprint density at radius 3 is 1.55 bits per heavy atom. The number of ether oxygens (including phenoxy) is 3. The van der Waals surface area contributed by atoms with Crippen LogP contribution in [0.3, 0.4) is 0 Å². The van der Waals surface area contributed by atoms with Gasteiger partial charge in [-0.3, -0.25) is 0 Å². The molecule has 0 bridgehead atoms. The molecule has 164 valence electrons. The average Bonchev–Trinajstić information content (AvgIpc) is 2.79. The highest BCUT2D eigenvalue weighted by Crippen LogP contribution is 2.41. The summed E-state index contributed by atoms with van der Waals surface area (Å²) in [7, 11) is 3.33. The molecule has 0 aliphatic rings. The average molecular weight is 421 g/mol. The maximum Gasteiger partial charge on any atom is 0.143 e. The lowest BCUT2D eigenvalue weighted by molar-refractivity contribution is -0.00303. The zero-order chi connectivity index (χ0) is 22.3. The van der Waals surface area contributed by atoms with Gasteiger partial charge in [-0.2, -0.15) is 0 Å². The van der Waals surface area contributed by atoms with E-state index in [0.717, 1.165) is 34.6 Å². The number of hydrogen-bond acceptors (Lipinski definition) is 4. The summed E-state index contributed by atoms with van der Waals surface area (Å²) in [6, 6.07) is 26.2. The third-order valence-corrected chi connectivity index (χ3v) is 5.42. The van der Waals surface area contributed by atoms with Crippen LogP contribution in [-0.2, 0) is 10.3 Å². The highest BCUT2D eigenvalue weighted by Gasteiger charge is 2.37. The second kappa shape index (κ2) is 9.99. The molecule has 0 heterocycles. The Morgan fingerprint density at radius 2 is 1.13 bits per heavy atom. The molecule has 4 nitrogen and oxygen atoms in total. The Kier molecular flexibility index (Phi) is 7.37. The summed E-state index contributed by atoms with van der Waals surface area (Å²) in [4.78, 5) is 0. The maximum atomic E-state index is 10.1. The van der Waals surface area contributed by atoms with Gasteiger partial charge in [0.2, 0.25) is 0 Å². The fourth-order valence-corrected chi connectivity index (χ4v) is 3.80. The van der Waals surface area contributed by atoms with Crippen molar-refractivity contribution in [3.63, 3.8) is 0 Å². The second-order valence-corrected chi connectivity index (χ2v) is 8.27. The Labute approximate surface area is 185 Å². The quantitative estimate of drug-likeness (QED) is 0.344. The van der Waals surface area contributed by atoms with Gasteiger partial charge in [0.15, 0.2) is 0 Å². The van der Waals surface area contributed by atoms with Gasteiger partial charge >= 0.3 is 0 Å². The first-order chi connectivity index (χ1) is 14.9. The van der Waals surface area contributed by atoms with Crippen LogP contribution in [0.5, 0.6) is 11.5 Å². The second-order valence-electron chi connectivity index (χ2n) is 8.27. The lowest BCUT2D eigenvalue weighted by Gasteiger charge is -2.36. The predicted octanol–water partition coefficient (Wildman–Crippen LogP) is 5.56. The van der Waals surface area contributed by atoms with E-state index in [1.165, 1.54) is 0 Å². The minimum Gasteiger partial charge on any atom is -0.497 e. The van der Waals surface area contributed by atoms with Crippen molar-refractivity contribution in [3.8, 4) is 11.5 Å². The Hall–Kier alpha value is -2.82. The Balaban J connectivity index is 2.11. The van der Waals surface area contributed by atoms with Crippen LogP contribution in [0.2, 0.25) is 0 Å². The van der Waals surface area contributed by atoms with Gasteiger partial charge in [0.1, 0.15) is 17.1 Å². The number of aliphatic hydroxyl groups is 1. The zero-order valence-electron chi connectivity index (χ0n) is 18.8. The van der Waals surface area contributed by atoms with E-state index in [2.05, 4.69) is 12.1 Å². The summed E-state index contributed by atoms with van der Waals surface area (Å²) in [5.41, 5.74) is 1.52. The van der Waals surface area contributed by atoms with Crippen LogP contribution >= 0.6 is 0 Å². The maximum absolute atomic E-state index is 10.1. The normalized spacial score (nSPS) is 11.9. The van der Waals surface area contributed by atoms with Crippen molar-refractivity contribution in [3.05, 3.63) is 95.6 Å². The summed E-state index contributed by atoms with van der Waals surface area (Å²) in [5.74, 6) is 1.59. The number of rotatable bonds is 10. The molecule has 0 amide bonds. The SMILES string of the molecule is COc1ccc(C(OCCCC(C)(C)O)(c2ccccc2)c2ccc(OC)cc2)cc1. The molecule has 31 heavy (non-hydrogen) atoms. The molecule has 3 aromatic rings. The summed E-state index contributed by atoms with van der Waals surface area (Å²) >= 11 is 0. The molecular formula is C27H32O4. The topological polar surface area (TPSA) is 47.9 Å².